The molecule has 0 aliphatic heterocycles. The van der Waals surface area contributed by atoms with Crippen LogP contribution in [0.3, 0.4) is 0 Å². The fourth-order valence-corrected chi connectivity index (χ4v) is 2.91. The monoisotopic (exact) mass is 344 g/mol. The van der Waals surface area contributed by atoms with Gasteiger partial charge in [0.05, 0.1) is 0 Å². The molecule has 0 radical (unpaired) electrons. The highest BCUT2D eigenvalue weighted by Gasteiger charge is 2.66. The van der Waals surface area contributed by atoms with Crippen LogP contribution in [-0.4, -0.2) is 24.5 Å². The standard InChI is InChI=1S/C6H6Br2N2O5/c7-5(9(12)13)2-1-3-6(8,4(5)11)10(14)15/h1-3H2. The second-order valence-corrected chi connectivity index (χ2v) is 5.84. The number of carbonyl (C=O) groups is 1. The topological polar surface area (TPSA) is 103 Å². The fourth-order valence-electron chi connectivity index (χ4n) is 1.43. The molecule has 0 spiro atoms. The van der Waals surface area contributed by atoms with E-state index in [0.717, 1.165) is 0 Å². The minimum atomic E-state index is -2.04. The zero-order chi connectivity index (χ0) is 11.9. The number of alkyl halides is 2. The number of Topliss-reactive ketones (excluding diaryl/α,β-unsaturated/α-hetero) is 1. The highest BCUT2D eigenvalue weighted by atomic mass is 79.9. The minimum Gasteiger partial charge on any atom is -0.281 e. The molecule has 84 valence electrons. The Morgan fingerprint density at radius 1 is 1.07 bits per heavy atom. The predicted octanol–water partition coefficient (Wildman–Crippen LogP) is 1.48. The van der Waals surface area contributed by atoms with E-state index in [-0.39, 0.29) is 19.3 Å². The highest BCUT2D eigenvalue weighted by molar-refractivity contribution is 9.11. The summed E-state index contributed by atoms with van der Waals surface area (Å²) in [6, 6.07) is 0. The van der Waals surface area contributed by atoms with Gasteiger partial charge in [0.15, 0.2) is 0 Å². The van der Waals surface area contributed by atoms with Gasteiger partial charge in [0.25, 0.3) is 0 Å². The van der Waals surface area contributed by atoms with E-state index in [2.05, 4.69) is 31.9 Å². The Labute approximate surface area is 101 Å². The molecule has 0 bridgehead atoms. The lowest BCUT2D eigenvalue weighted by Crippen LogP contribution is -2.57. The molecule has 1 aliphatic rings. The van der Waals surface area contributed by atoms with Crippen LogP contribution in [0.5, 0.6) is 0 Å². The molecule has 2 unspecified atom stereocenters. The fraction of sp³-hybridized carbons (Fsp3) is 0.833. The van der Waals surface area contributed by atoms with Crippen LogP contribution in [0.1, 0.15) is 19.3 Å². The quantitative estimate of drug-likeness (QED) is 0.326. The first kappa shape index (κ1) is 12.5. The van der Waals surface area contributed by atoms with Crippen LogP contribution in [0.15, 0.2) is 0 Å². The van der Waals surface area contributed by atoms with Crippen molar-refractivity contribution in [3.8, 4) is 0 Å². The lowest BCUT2D eigenvalue weighted by atomic mass is 9.90. The maximum Gasteiger partial charge on any atom is 0.339 e. The summed E-state index contributed by atoms with van der Waals surface area (Å²) >= 11 is 5.37. The van der Waals surface area contributed by atoms with Crippen LogP contribution < -0.4 is 0 Å². The van der Waals surface area contributed by atoms with Gasteiger partial charge in [-0.3, -0.25) is 25.0 Å². The first-order valence-corrected chi connectivity index (χ1v) is 5.55. The van der Waals surface area contributed by atoms with Crippen molar-refractivity contribution in [2.75, 3.05) is 0 Å². The van der Waals surface area contributed by atoms with Gasteiger partial charge in [-0.2, -0.15) is 0 Å². The van der Waals surface area contributed by atoms with Crippen molar-refractivity contribution in [3.05, 3.63) is 20.2 Å². The zero-order valence-electron chi connectivity index (χ0n) is 7.31. The van der Waals surface area contributed by atoms with Gasteiger partial charge in [0.2, 0.25) is 0 Å². The molecule has 7 nitrogen and oxygen atoms in total. The van der Waals surface area contributed by atoms with Gasteiger partial charge in [-0.05, 0) is 6.42 Å². The maximum atomic E-state index is 11.7. The minimum absolute atomic E-state index is 0.0416. The first-order valence-electron chi connectivity index (χ1n) is 3.97. The molecule has 9 heteroatoms. The van der Waals surface area contributed by atoms with Crippen LogP contribution in [0.25, 0.3) is 0 Å². The molecule has 0 saturated heterocycles. The summed E-state index contributed by atoms with van der Waals surface area (Å²) in [5.74, 6) is -1.06. The highest BCUT2D eigenvalue weighted by Crippen LogP contribution is 2.43. The molecular weight excluding hydrogens is 340 g/mol. The molecule has 0 aromatic carbocycles. The van der Waals surface area contributed by atoms with Gasteiger partial charge in [-0.15, -0.1) is 0 Å². The van der Waals surface area contributed by atoms with Crippen molar-refractivity contribution in [1.82, 2.24) is 0 Å². The molecule has 0 heterocycles. The first-order chi connectivity index (χ1) is 6.75. The number of nitro groups is 2. The van der Waals surface area contributed by atoms with E-state index in [4.69, 9.17) is 0 Å². The summed E-state index contributed by atoms with van der Waals surface area (Å²) in [5, 5.41) is 21.4. The lowest BCUT2D eigenvalue weighted by Gasteiger charge is -2.28. The Kier molecular flexibility index (Phi) is 3.15. The van der Waals surface area contributed by atoms with Gasteiger partial charge in [0, 0.05) is 54.5 Å². The summed E-state index contributed by atoms with van der Waals surface area (Å²) < 4.78 is -4.08. The van der Waals surface area contributed by atoms with E-state index in [1.54, 1.807) is 0 Å². The van der Waals surface area contributed by atoms with E-state index in [9.17, 15) is 25.0 Å². The summed E-state index contributed by atoms with van der Waals surface area (Å²) in [5.41, 5.74) is 0. The Balaban J connectivity index is 3.15. The van der Waals surface area contributed by atoms with Gasteiger partial charge < -0.3 is 0 Å². The van der Waals surface area contributed by atoms with Crippen LogP contribution in [0.4, 0.5) is 0 Å². The van der Waals surface area contributed by atoms with Crippen molar-refractivity contribution < 1.29 is 14.6 Å². The molecule has 2 atom stereocenters. The van der Waals surface area contributed by atoms with Crippen LogP contribution in [0.2, 0.25) is 0 Å². The second-order valence-electron chi connectivity index (χ2n) is 3.22. The zero-order valence-corrected chi connectivity index (χ0v) is 10.5. The average Bonchev–Trinajstić information content (AvgIpc) is 2.13. The third-order valence-corrected chi connectivity index (χ3v) is 4.38. The summed E-state index contributed by atoms with van der Waals surface area (Å²) in [6.07, 6.45) is 0.143. The van der Waals surface area contributed by atoms with Gasteiger partial charge in [0.1, 0.15) is 0 Å². The van der Waals surface area contributed by atoms with Crippen molar-refractivity contribution >= 4 is 37.6 Å². The Bertz CT molecular complexity index is 318. The van der Waals surface area contributed by atoms with Crippen LogP contribution in [-0.2, 0) is 4.79 Å². The van der Waals surface area contributed by atoms with E-state index in [1.165, 1.54) is 0 Å². The average molecular weight is 346 g/mol. The molecule has 1 rings (SSSR count). The Hall–Kier alpha value is -0.570. The normalized spacial score (nSPS) is 36.3. The molecule has 0 N–H and O–H groups in total. The summed E-state index contributed by atoms with van der Waals surface area (Å²) in [4.78, 5) is 31.4. The van der Waals surface area contributed by atoms with Gasteiger partial charge in [-0.1, -0.05) is 0 Å². The third-order valence-electron chi connectivity index (χ3n) is 2.29. The molecule has 15 heavy (non-hydrogen) atoms. The van der Waals surface area contributed by atoms with E-state index >= 15 is 0 Å². The number of hydrogen-bond acceptors (Lipinski definition) is 5. The van der Waals surface area contributed by atoms with Gasteiger partial charge in [-0.25, -0.2) is 0 Å². The predicted molar refractivity (Wildman–Crippen MR) is 56.2 cm³/mol. The molecule has 1 saturated carbocycles. The lowest BCUT2D eigenvalue weighted by molar-refractivity contribution is -0.551. The van der Waals surface area contributed by atoms with Crippen molar-refractivity contribution in [2.45, 2.75) is 28.2 Å². The Morgan fingerprint density at radius 3 is 1.67 bits per heavy atom. The SMILES string of the molecule is O=C1C(Br)([N+](=O)[O-])CCCC1(Br)[N+](=O)[O-]. The number of nitrogens with zero attached hydrogens (tertiary/aromatic N) is 2. The number of carbonyl (C=O) groups excluding carboxylic acids is 1. The molecule has 0 amide bonds. The molecular formula is C6H6Br2N2O5. The number of rotatable bonds is 2. The summed E-state index contributed by atoms with van der Waals surface area (Å²) in [7, 11) is 0. The smallest absolute Gasteiger partial charge is 0.281 e. The molecule has 0 aromatic rings. The third kappa shape index (κ3) is 1.78. The van der Waals surface area contributed by atoms with E-state index in [0.29, 0.717) is 0 Å². The number of ketones is 1. The second kappa shape index (κ2) is 3.78. The van der Waals surface area contributed by atoms with Crippen LogP contribution in [0, 0.1) is 20.2 Å². The van der Waals surface area contributed by atoms with Crippen LogP contribution >= 0.6 is 31.9 Å². The van der Waals surface area contributed by atoms with Crippen molar-refractivity contribution in [2.24, 2.45) is 0 Å². The largest absolute Gasteiger partial charge is 0.339 e. The number of halogens is 2. The molecule has 1 fully saturated rings. The van der Waals surface area contributed by atoms with E-state index < -0.39 is 24.5 Å². The van der Waals surface area contributed by atoms with E-state index in [1.807, 2.05) is 0 Å². The van der Waals surface area contributed by atoms with Crippen molar-refractivity contribution in [1.29, 1.82) is 0 Å². The molecule has 1 aliphatic carbocycles. The van der Waals surface area contributed by atoms with Crippen molar-refractivity contribution in [3.63, 3.8) is 0 Å². The summed E-state index contributed by atoms with van der Waals surface area (Å²) in [6.45, 7) is 0. The maximum absolute atomic E-state index is 11.7. The van der Waals surface area contributed by atoms with Gasteiger partial charge >= 0.3 is 14.7 Å². The number of hydrogen-bond donors (Lipinski definition) is 0. The Morgan fingerprint density at radius 2 is 1.40 bits per heavy atom. The molecule has 0 aromatic heterocycles.